The molecule has 0 N–H and O–H groups in total. The number of sulfonamides is 1. The molecular weight excluding hydrogens is 352 g/mol. The van der Waals surface area contributed by atoms with Gasteiger partial charge in [-0.05, 0) is 0 Å². The molecule has 25 heavy (non-hydrogen) atoms. The third-order valence-electron chi connectivity index (χ3n) is 3.96. The van der Waals surface area contributed by atoms with Gasteiger partial charge < -0.3 is 18.4 Å². The lowest BCUT2D eigenvalue weighted by Crippen LogP contribution is -2.33. The molecular formula is C14H20N4O6S. The van der Waals surface area contributed by atoms with Crippen LogP contribution in [0.4, 0.5) is 0 Å². The Hall–Kier alpha value is -1.82. The SMILES string of the molecule is COCc1cc(CS(=O)(=O)N2C[C@@H](OC)C[C@@H]2c2nnc(C)o2)no1. The van der Waals surface area contributed by atoms with Crippen LogP contribution in [0.1, 0.15) is 35.7 Å². The minimum atomic E-state index is -3.68. The van der Waals surface area contributed by atoms with Crippen molar-refractivity contribution in [2.24, 2.45) is 0 Å². The molecule has 3 rings (SSSR count). The van der Waals surface area contributed by atoms with Crippen molar-refractivity contribution in [3.05, 3.63) is 29.3 Å². The van der Waals surface area contributed by atoms with E-state index in [2.05, 4.69) is 15.4 Å². The third-order valence-corrected chi connectivity index (χ3v) is 5.74. The number of nitrogens with zero attached hydrogens (tertiary/aromatic N) is 4. The van der Waals surface area contributed by atoms with Crippen LogP contribution in [0.15, 0.2) is 15.0 Å². The second kappa shape index (κ2) is 7.20. The second-order valence-corrected chi connectivity index (χ2v) is 7.73. The van der Waals surface area contributed by atoms with Crippen molar-refractivity contribution in [2.45, 2.75) is 37.9 Å². The smallest absolute Gasteiger partial charge is 0.234 e. The first kappa shape index (κ1) is 18.0. The highest BCUT2D eigenvalue weighted by atomic mass is 32.2. The lowest BCUT2D eigenvalue weighted by Gasteiger charge is -2.20. The van der Waals surface area contributed by atoms with Gasteiger partial charge in [0.1, 0.15) is 24.1 Å². The average Bonchev–Trinajstić information content (AvgIpc) is 3.26. The minimum Gasteiger partial charge on any atom is -0.424 e. The van der Waals surface area contributed by atoms with Crippen molar-refractivity contribution in [1.29, 1.82) is 0 Å². The maximum absolute atomic E-state index is 12.9. The van der Waals surface area contributed by atoms with Crippen LogP contribution in [-0.2, 0) is 31.9 Å². The Morgan fingerprint density at radius 1 is 1.36 bits per heavy atom. The number of aryl methyl sites for hydroxylation is 1. The monoisotopic (exact) mass is 372 g/mol. The molecule has 0 saturated carbocycles. The summed E-state index contributed by atoms with van der Waals surface area (Å²) in [4.78, 5) is 0. The molecule has 3 heterocycles. The van der Waals surface area contributed by atoms with Crippen LogP contribution >= 0.6 is 0 Å². The molecule has 10 nitrogen and oxygen atoms in total. The lowest BCUT2D eigenvalue weighted by atomic mass is 10.2. The van der Waals surface area contributed by atoms with Gasteiger partial charge in [0.25, 0.3) is 0 Å². The number of hydrogen-bond donors (Lipinski definition) is 0. The summed E-state index contributed by atoms with van der Waals surface area (Å²) in [7, 11) is -0.617. The molecule has 0 aromatic carbocycles. The van der Waals surface area contributed by atoms with Crippen LogP contribution in [0, 0.1) is 6.92 Å². The third kappa shape index (κ3) is 3.89. The van der Waals surface area contributed by atoms with E-state index < -0.39 is 16.1 Å². The summed E-state index contributed by atoms with van der Waals surface area (Å²) in [5, 5.41) is 11.5. The Balaban J connectivity index is 1.82. The van der Waals surface area contributed by atoms with E-state index in [0.29, 0.717) is 23.8 Å². The highest BCUT2D eigenvalue weighted by molar-refractivity contribution is 7.88. The summed E-state index contributed by atoms with van der Waals surface area (Å²) < 4.78 is 47.9. The molecule has 0 spiro atoms. The molecule has 2 aromatic heterocycles. The van der Waals surface area contributed by atoms with Gasteiger partial charge in [0.05, 0.1) is 6.10 Å². The van der Waals surface area contributed by atoms with Crippen LogP contribution in [-0.4, -0.2) is 54.9 Å². The second-order valence-electron chi connectivity index (χ2n) is 5.81. The van der Waals surface area contributed by atoms with Gasteiger partial charge in [-0.2, -0.15) is 4.31 Å². The predicted octanol–water partition coefficient (Wildman–Crippen LogP) is 0.804. The fraction of sp³-hybridized carbons (Fsp3) is 0.643. The van der Waals surface area contributed by atoms with E-state index in [0.717, 1.165) is 0 Å². The van der Waals surface area contributed by atoms with Crippen LogP contribution in [0.3, 0.4) is 0 Å². The van der Waals surface area contributed by atoms with E-state index in [1.807, 2.05) is 0 Å². The zero-order chi connectivity index (χ0) is 18.0. The van der Waals surface area contributed by atoms with Crippen molar-refractivity contribution < 1.29 is 26.8 Å². The molecule has 0 aliphatic carbocycles. The number of ether oxygens (including phenoxy) is 2. The van der Waals surface area contributed by atoms with Crippen molar-refractivity contribution >= 4 is 10.0 Å². The molecule has 0 unspecified atom stereocenters. The molecule has 1 aliphatic heterocycles. The van der Waals surface area contributed by atoms with Gasteiger partial charge in [-0.15, -0.1) is 10.2 Å². The summed E-state index contributed by atoms with van der Waals surface area (Å²) in [6.45, 7) is 2.10. The number of hydrogen-bond acceptors (Lipinski definition) is 9. The van der Waals surface area contributed by atoms with Crippen LogP contribution in [0.5, 0.6) is 0 Å². The predicted molar refractivity (Wildman–Crippen MR) is 83.7 cm³/mol. The number of rotatable bonds is 7. The first-order valence-corrected chi connectivity index (χ1v) is 9.29. The van der Waals surface area contributed by atoms with E-state index in [-0.39, 0.29) is 30.9 Å². The molecule has 0 amide bonds. The summed E-state index contributed by atoms with van der Waals surface area (Å²) in [5.74, 6) is 0.822. The van der Waals surface area contributed by atoms with Crippen molar-refractivity contribution in [1.82, 2.24) is 19.7 Å². The minimum absolute atomic E-state index is 0.216. The Kier molecular flexibility index (Phi) is 5.18. The normalized spacial score (nSPS) is 21.9. The standard InChI is InChI=1S/C14H20N4O6S/c1-9-15-16-14(23-9)13-5-11(22-3)6-18(13)25(19,20)8-10-4-12(7-21-2)24-17-10/h4,11,13H,5-8H2,1-3H3/t11-,13+/m0/s1. The van der Waals surface area contributed by atoms with E-state index in [1.54, 1.807) is 20.1 Å². The average molecular weight is 372 g/mol. The van der Waals surface area contributed by atoms with Crippen LogP contribution in [0.25, 0.3) is 0 Å². The Bertz CT molecular complexity index is 817. The molecule has 11 heteroatoms. The van der Waals surface area contributed by atoms with Gasteiger partial charge >= 0.3 is 0 Å². The molecule has 2 atom stereocenters. The van der Waals surface area contributed by atoms with Crippen molar-refractivity contribution in [3.8, 4) is 0 Å². The first-order valence-electron chi connectivity index (χ1n) is 7.68. The Morgan fingerprint density at radius 2 is 2.16 bits per heavy atom. The molecule has 0 bridgehead atoms. The molecule has 1 fully saturated rings. The summed E-state index contributed by atoms with van der Waals surface area (Å²) in [6, 6.07) is 1.01. The largest absolute Gasteiger partial charge is 0.424 e. The molecule has 1 aliphatic rings. The van der Waals surface area contributed by atoms with E-state index in [1.165, 1.54) is 11.4 Å². The summed E-state index contributed by atoms with van der Waals surface area (Å²) in [6.07, 6.45) is 0.207. The topological polar surface area (TPSA) is 121 Å². The van der Waals surface area contributed by atoms with Gasteiger partial charge in [0, 0.05) is 40.2 Å². The quantitative estimate of drug-likeness (QED) is 0.695. The Labute approximate surface area is 145 Å². The molecule has 138 valence electrons. The summed E-state index contributed by atoms with van der Waals surface area (Å²) in [5.41, 5.74) is 0.313. The summed E-state index contributed by atoms with van der Waals surface area (Å²) >= 11 is 0. The molecule has 0 radical (unpaired) electrons. The fourth-order valence-corrected chi connectivity index (χ4v) is 4.45. The van der Waals surface area contributed by atoms with Gasteiger partial charge in [-0.3, -0.25) is 0 Å². The lowest BCUT2D eigenvalue weighted by molar-refractivity contribution is 0.114. The highest BCUT2D eigenvalue weighted by Gasteiger charge is 2.43. The van der Waals surface area contributed by atoms with Crippen LogP contribution < -0.4 is 0 Å². The molecule has 2 aromatic rings. The Morgan fingerprint density at radius 3 is 2.80 bits per heavy atom. The van der Waals surface area contributed by atoms with Crippen molar-refractivity contribution in [3.63, 3.8) is 0 Å². The van der Waals surface area contributed by atoms with E-state index in [9.17, 15) is 8.42 Å². The van der Waals surface area contributed by atoms with E-state index in [4.69, 9.17) is 18.4 Å². The maximum atomic E-state index is 12.9. The van der Waals surface area contributed by atoms with Crippen molar-refractivity contribution in [2.75, 3.05) is 20.8 Å². The zero-order valence-corrected chi connectivity index (χ0v) is 15.0. The van der Waals surface area contributed by atoms with Gasteiger partial charge in [-0.25, -0.2) is 8.42 Å². The number of methoxy groups -OCH3 is 2. The fourth-order valence-electron chi connectivity index (χ4n) is 2.82. The van der Waals surface area contributed by atoms with Gasteiger partial charge in [0.2, 0.25) is 21.8 Å². The number of aromatic nitrogens is 3. The van der Waals surface area contributed by atoms with E-state index >= 15 is 0 Å². The van der Waals surface area contributed by atoms with Gasteiger partial charge in [0.15, 0.2) is 5.76 Å². The highest BCUT2D eigenvalue weighted by Crippen LogP contribution is 2.35. The maximum Gasteiger partial charge on any atom is 0.234 e. The van der Waals surface area contributed by atoms with Gasteiger partial charge in [-0.1, -0.05) is 5.16 Å². The zero-order valence-electron chi connectivity index (χ0n) is 14.2. The van der Waals surface area contributed by atoms with Crippen LogP contribution in [0.2, 0.25) is 0 Å². The molecule has 1 saturated heterocycles. The first-order chi connectivity index (χ1) is 11.9.